The molecule has 4 heterocycles. The number of ether oxygens (including phenoxy) is 1. The lowest BCUT2D eigenvalue weighted by Gasteiger charge is -2.20. The Morgan fingerprint density at radius 3 is 2.58 bits per heavy atom. The van der Waals surface area contributed by atoms with E-state index in [0.717, 1.165) is 12.3 Å². The number of pyridine rings is 2. The van der Waals surface area contributed by atoms with Gasteiger partial charge in [-0.15, -0.1) is 0 Å². The molecule has 0 amide bonds. The van der Waals surface area contributed by atoms with Gasteiger partial charge in [0.15, 0.2) is 5.82 Å². The first-order valence-corrected chi connectivity index (χ1v) is 7.73. The lowest BCUT2D eigenvalue weighted by Crippen LogP contribution is -2.24. The zero-order chi connectivity index (χ0) is 18.3. The summed E-state index contributed by atoms with van der Waals surface area (Å²) in [4.78, 5) is 14.8. The minimum absolute atomic E-state index is 0.304. The normalized spacial score (nSPS) is 13.8. The van der Waals surface area contributed by atoms with E-state index in [2.05, 4.69) is 15.0 Å². The summed E-state index contributed by atoms with van der Waals surface area (Å²) in [5.74, 6) is 1.56. The van der Waals surface area contributed by atoms with Crippen molar-refractivity contribution in [3.05, 3.63) is 54.5 Å². The number of H-pyrrole nitrogens is 1. The molecule has 0 saturated heterocycles. The molecule has 0 atom stereocenters. The lowest BCUT2D eigenvalue weighted by atomic mass is 10.2. The number of nitrogens with zero attached hydrogens (tertiary/aromatic N) is 4. The van der Waals surface area contributed by atoms with Gasteiger partial charge in [-0.2, -0.15) is 13.2 Å². The van der Waals surface area contributed by atoms with Crippen molar-refractivity contribution in [2.75, 3.05) is 23.6 Å². The highest BCUT2D eigenvalue weighted by atomic mass is 19.4. The molecule has 0 radical (unpaired) electrons. The van der Waals surface area contributed by atoms with Crippen LogP contribution in [0.15, 0.2) is 48.9 Å². The number of halogens is 3. The molecule has 4 rings (SSSR count). The fourth-order valence-corrected chi connectivity index (χ4v) is 2.84. The van der Waals surface area contributed by atoms with Crippen LogP contribution in [0.2, 0.25) is 0 Å². The maximum atomic E-state index is 13.1. The van der Waals surface area contributed by atoms with Gasteiger partial charge in [0.05, 0.1) is 30.2 Å². The highest BCUT2D eigenvalue weighted by Gasteiger charge is 2.36. The highest BCUT2D eigenvalue weighted by Crippen LogP contribution is 2.44. The van der Waals surface area contributed by atoms with Crippen LogP contribution < -0.4 is 14.5 Å². The maximum Gasteiger partial charge on any atom is 0.417 e. The second kappa shape index (κ2) is 5.94. The molecule has 0 spiro atoms. The van der Waals surface area contributed by atoms with E-state index in [4.69, 9.17) is 4.74 Å². The lowest BCUT2D eigenvalue weighted by molar-refractivity contribution is -0.137. The first-order chi connectivity index (χ1) is 12.5. The second-order valence-electron chi connectivity index (χ2n) is 5.68. The van der Waals surface area contributed by atoms with E-state index < -0.39 is 11.7 Å². The first kappa shape index (κ1) is 16.2. The third-order valence-electron chi connectivity index (χ3n) is 4.12. The Morgan fingerprint density at radius 1 is 1.12 bits per heavy atom. The first-order valence-electron chi connectivity index (χ1n) is 7.73. The minimum Gasteiger partial charge on any atom is -0.481 e. The van der Waals surface area contributed by atoms with Crippen LogP contribution in [-0.2, 0) is 6.18 Å². The number of nitrogens with one attached hydrogen (secondary N) is 1. The van der Waals surface area contributed by atoms with Crippen LogP contribution in [0.25, 0.3) is 0 Å². The average Bonchev–Trinajstić information content (AvgIpc) is 3.28. The molecule has 1 N–H and O–H groups in total. The summed E-state index contributed by atoms with van der Waals surface area (Å²) in [6.07, 6.45) is -0.298. The summed E-state index contributed by atoms with van der Waals surface area (Å²) in [7, 11) is 1.51. The van der Waals surface area contributed by atoms with Crippen molar-refractivity contribution in [1.29, 1.82) is 0 Å². The van der Waals surface area contributed by atoms with Crippen LogP contribution in [0.4, 0.5) is 36.2 Å². The third kappa shape index (κ3) is 2.71. The average molecular weight is 361 g/mol. The Bertz CT molecular complexity index is 909. The largest absolute Gasteiger partial charge is 0.481 e. The SMILES string of the molecule is COc1ccc(N2CN(c3ccc[nH]3)c3cc(C(F)(F)F)cnc32)cn1. The Hall–Kier alpha value is -3.23. The number of hydrogen-bond donors (Lipinski definition) is 1. The zero-order valence-electron chi connectivity index (χ0n) is 13.7. The van der Waals surface area contributed by atoms with E-state index in [-0.39, 0.29) is 0 Å². The van der Waals surface area contributed by atoms with Crippen LogP contribution in [-0.4, -0.2) is 28.7 Å². The van der Waals surface area contributed by atoms with Gasteiger partial charge in [-0.05, 0) is 24.3 Å². The molecule has 3 aromatic rings. The van der Waals surface area contributed by atoms with Crippen molar-refractivity contribution in [3.63, 3.8) is 0 Å². The maximum absolute atomic E-state index is 13.1. The number of rotatable bonds is 3. The second-order valence-corrected chi connectivity index (χ2v) is 5.68. The summed E-state index contributed by atoms with van der Waals surface area (Å²) >= 11 is 0. The van der Waals surface area contributed by atoms with Crippen LogP contribution in [0, 0.1) is 0 Å². The number of alkyl halides is 3. The van der Waals surface area contributed by atoms with Gasteiger partial charge in [0.2, 0.25) is 5.88 Å². The topological polar surface area (TPSA) is 57.3 Å². The number of aromatic nitrogens is 3. The van der Waals surface area contributed by atoms with Gasteiger partial charge < -0.3 is 19.5 Å². The highest BCUT2D eigenvalue weighted by molar-refractivity contribution is 5.83. The smallest absolute Gasteiger partial charge is 0.417 e. The predicted molar refractivity (Wildman–Crippen MR) is 90.0 cm³/mol. The van der Waals surface area contributed by atoms with Crippen LogP contribution in [0.5, 0.6) is 5.88 Å². The fraction of sp³-hybridized carbons (Fsp3) is 0.176. The zero-order valence-corrected chi connectivity index (χ0v) is 13.7. The molecule has 1 aliphatic heterocycles. The van der Waals surface area contributed by atoms with Gasteiger partial charge in [0.25, 0.3) is 0 Å². The molecule has 9 heteroatoms. The summed E-state index contributed by atoms with van der Waals surface area (Å²) in [6, 6.07) is 8.16. The van der Waals surface area contributed by atoms with E-state index >= 15 is 0 Å². The van der Waals surface area contributed by atoms with Crippen molar-refractivity contribution in [2.24, 2.45) is 0 Å². The van der Waals surface area contributed by atoms with Crippen molar-refractivity contribution >= 4 is 23.0 Å². The van der Waals surface area contributed by atoms with Crippen molar-refractivity contribution in [2.45, 2.75) is 6.18 Å². The Morgan fingerprint density at radius 2 is 1.96 bits per heavy atom. The molecule has 3 aromatic heterocycles. The Kier molecular flexibility index (Phi) is 3.71. The van der Waals surface area contributed by atoms with E-state index in [1.54, 1.807) is 46.5 Å². The van der Waals surface area contributed by atoms with Crippen LogP contribution in [0.1, 0.15) is 5.56 Å². The van der Waals surface area contributed by atoms with Crippen molar-refractivity contribution < 1.29 is 17.9 Å². The molecule has 134 valence electrons. The third-order valence-corrected chi connectivity index (χ3v) is 4.12. The minimum atomic E-state index is -4.46. The molecule has 0 aliphatic carbocycles. The summed E-state index contributed by atoms with van der Waals surface area (Å²) in [5.41, 5.74) is 0.286. The number of aromatic amines is 1. The van der Waals surface area contributed by atoms with Gasteiger partial charge in [-0.3, -0.25) is 0 Å². The quantitative estimate of drug-likeness (QED) is 0.762. The molecule has 26 heavy (non-hydrogen) atoms. The summed E-state index contributed by atoms with van der Waals surface area (Å²) < 4.78 is 44.4. The van der Waals surface area contributed by atoms with Crippen LogP contribution in [0.3, 0.4) is 0 Å². The monoisotopic (exact) mass is 361 g/mol. The Labute approximate surface area is 146 Å². The van der Waals surface area contributed by atoms with E-state index in [0.29, 0.717) is 35.6 Å². The number of fused-ring (bicyclic) bond motifs is 1. The van der Waals surface area contributed by atoms with Crippen molar-refractivity contribution in [3.8, 4) is 5.88 Å². The molecular formula is C17H14F3N5O. The summed E-state index contributed by atoms with van der Waals surface area (Å²) in [6.45, 7) is 0.304. The van der Waals surface area contributed by atoms with Gasteiger partial charge in [-0.1, -0.05) is 0 Å². The van der Waals surface area contributed by atoms with Crippen LogP contribution >= 0.6 is 0 Å². The van der Waals surface area contributed by atoms with Gasteiger partial charge in [0.1, 0.15) is 12.5 Å². The molecule has 1 aliphatic rings. The predicted octanol–water partition coefficient (Wildman–Crippen LogP) is 4.08. The Balaban J connectivity index is 1.80. The molecule has 0 bridgehead atoms. The molecule has 0 saturated carbocycles. The fourth-order valence-electron chi connectivity index (χ4n) is 2.84. The molecule has 0 unspecified atom stereocenters. The molecular weight excluding hydrogens is 347 g/mol. The van der Waals surface area contributed by atoms with Crippen molar-refractivity contribution in [1.82, 2.24) is 15.0 Å². The number of methoxy groups -OCH3 is 1. The van der Waals surface area contributed by atoms with E-state index in [1.165, 1.54) is 7.11 Å². The van der Waals surface area contributed by atoms with Gasteiger partial charge >= 0.3 is 6.18 Å². The summed E-state index contributed by atoms with van der Waals surface area (Å²) in [5, 5.41) is 0. The number of hydrogen-bond acceptors (Lipinski definition) is 5. The number of anilines is 4. The van der Waals surface area contributed by atoms with E-state index in [9.17, 15) is 13.2 Å². The van der Waals surface area contributed by atoms with E-state index in [1.807, 2.05) is 0 Å². The van der Waals surface area contributed by atoms with Gasteiger partial charge in [-0.25, -0.2) is 9.97 Å². The standard InChI is InChI=1S/C17H14F3N5O/c1-26-15-5-4-12(9-22-15)24-10-25(14-3-2-6-21-14)13-7-11(17(18,19)20)8-23-16(13)24/h2-9,21H,10H2,1H3. The molecule has 6 nitrogen and oxygen atoms in total. The molecule has 0 fully saturated rings. The van der Waals surface area contributed by atoms with Gasteiger partial charge in [0, 0.05) is 18.5 Å². The molecule has 0 aromatic carbocycles.